The monoisotopic (exact) mass is 211 g/mol. The fourth-order valence-electron chi connectivity index (χ4n) is 2.35. The summed E-state index contributed by atoms with van der Waals surface area (Å²) in [6, 6.07) is 0.0423. The number of hydrogen-bond donors (Lipinski definition) is 1. The van der Waals surface area contributed by atoms with E-state index in [1.807, 2.05) is 14.0 Å². The molecule has 5 heteroatoms. The van der Waals surface area contributed by atoms with Gasteiger partial charge in [-0.25, -0.2) is 4.79 Å². The van der Waals surface area contributed by atoms with Crippen LogP contribution < -0.4 is 0 Å². The van der Waals surface area contributed by atoms with E-state index in [1.54, 1.807) is 19.0 Å². The van der Waals surface area contributed by atoms with Gasteiger partial charge in [0.05, 0.1) is 0 Å². The lowest BCUT2D eigenvalue weighted by Gasteiger charge is -2.36. The predicted octanol–water partition coefficient (Wildman–Crippen LogP) is -0.110. The fraction of sp³-hybridized carbons (Fsp3) is 0.700. The first-order valence-electron chi connectivity index (χ1n) is 5.07. The van der Waals surface area contributed by atoms with Crippen molar-refractivity contribution in [3.8, 4) is 0 Å². The van der Waals surface area contributed by atoms with Crippen molar-refractivity contribution in [3.05, 3.63) is 11.3 Å². The molecule has 0 aromatic carbocycles. The molecule has 0 radical (unpaired) electrons. The summed E-state index contributed by atoms with van der Waals surface area (Å²) >= 11 is 0. The maximum atomic E-state index is 11.8. The smallest absolute Gasteiger partial charge is 0.326 e. The highest BCUT2D eigenvalue weighted by Gasteiger charge is 2.41. The van der Waals surface area contributed by atoms with Crippen molar-refractivity contribution in [2.45, 2.75) is 19.2 Å². The van der Waals surface area contributed by atoms with E-state index in [1.165, 1.54) is 4.90 Å². The molecule has 2 unspecified atom stereocenters. The molecule has 1 N–H and O–H groups in total. The second kappa shape index (κ2) is 3.21. The summed E-state index contributed by atoms with van der Waals surface area (Å²) in [6.45, 7) is 2.77. The Morgan fingerprint density at radius 2 is 1.93 bits per heavy atom. The molecule has 84 valence electrons. The van der Waals surface area contributed by atoms with Crippen molar-refractivity contribution < 1.29 is 9.90 Å². The Balaban J connectivity index is 2.44. The summed E-state index contributed by atoms with van der Waals surface area (Å²) in [7, 11) is 5.37. The maximum Gasteiger partial charge on any atom is 0.326 e. The van der Waals surface area contributed by atoms with Crippen LogP contribution in [0.1, 0.15) is 6.92 Å². The second-order valence-electron chi connectivity index (χ2n) is 4.33. The molecule has 2 atom stereocenters. The highest BCUT2D eigenvalue weighted by molar-refractivity contribution is 5.78. The van der Waals surface area contributed by atoms with Gasteiger partial charge in [-0.2, -0.15) is 0 Å². The average molecular weight is 211 g/mol. The molecule has 0 aliphatic carbocycles. The number of hydrogen-bond acceptors (Lipinski definition) is 3. The van der Waals surface area contributed by atoms with Crippen LogP contribution in [0.25, 0.3) is 0 Å². The van der Waals surface area contributed by atoms with E-state index in [2.05, 4.69) is 4.90 Å². The minimum absolute atomic E-state index is 0.150. The van der Waals surface area contributed by atoms with Crippen molar-refractivity contribution in [1.29, 1.82) is 0 Å². The van der Waals surface area contributed by atoms with Crippen LogP contribution in [0.3, 0.4) is 0 Å². The van der Waals surface area contributed by atoms with Gasteiger partial charge in [-0.15, -0.1) is 0 Å². The second-order valence-corrected chi connectivity index (χ2v) is 4.33. The summed E-state index contributed by atoms with van der Waals surface area (Å²) < 4.78 is 0. The zero-order chi connectivity index (χ0) is 11.3. The van der Waals surface area contributed by atoms with Crippen LogP contribution in [0.5, 0.6) is 0 Å². The molecule has 0 aromatic heterocycles. The lowest BCUT2D eigenvalue weighted by Crippen LogP contribution is -2.50. The molecule has 0 aromatic rings. The molecule has 2 aliphatic rings. The van der Waals surface area contributed by atoms with Gasteiger partial charge in [-0.05, 0) is 14.0 Å². The van der Waals surface area contributed by atoms with Crippen molar-refractivity contribution >= 4 is 6.03 Å². The minimum atomic E-state index is -0.768. The van der Waals surface area contributed by atoms with Crippen LogP contribution in [0.2, 0.25) is 0 Å². The number of aliphatic hydroxyl groups is 1. The van der Waals surface area contributed by atoms with Gasteiger partial charge in [0.15, 0.2) is 6.23 Å². The van der Waals surface area contributed by atoms with Gasteiger partial charge < -0.3 is 5.11 Å². The Morgan fingerprint density at radius 1 is 1.33 bits per heavy atom. The standard InChI is InChI=1S/C10H17N3O2/c1-6-8-7(5-11(6)2)9(14)13(4)10(15)12(8)3/h6,9,14H,5H2,1-4H3. The Kier molecular flexibility index (Phi) is 2.24. The van der Waals surface area contributed by atoms with Crippen molar-refractivity contribution in [3.63, 3.8) is 0 Å². The topological polar surface area (TPSA) is 47.0 Å². The van der Waals surface area contributed by atoms with Gasteiger partial charge >= 0.3 is 6.03 Å². The quantitative estimate of drug-likeness (QED) is 0.608. The Morgan fingerprint density at radius 3 is 2.53 bits per heavy atom. The summed E-state index contributed by atoms with van der Waals surface area (Å²) in [5.41, 5.74) is 1.89. The SMILES string of the molecule is CC1C2=C(CN1C)C(O)N(C)C(=O)N2C. The van der Waals surface area contributed by atoms with Crippen LogP contribution >= 0.6 is 0 Å². The van der Waals surface area contributed by atoms with Crippen LogP contribution in [0.4, 0.5) is 4.79 Å². The number of nitrogens with zero attached hydrogens (tertiary/aromatic N) is 3. The van der Waals surface area contributed by atoms with Crippen LogP contribution in [0, 0.1) is 0 Å². The summed E-state index contributed by atoms with van der Waals surface area (Å²) in [5, 5.41) is 9.97. The number of aliphatic hydroxyl groups excluding tert-OH is 1. The van der Waals surface area contributed by atoms with Crippen LogP contribution in [-0.4, -0.2) is 65.8 Å². The zero-order valence-corrected chi connectivity index (χ0v) is 9.56. The normalized spacial score (nSPS) is 32.7. The number of rotatable bonds is 0. The third-order valence-electron chi connectivity index (χ3n) is 3.43. The van der Waals surface area contributed by atoms with Gasteiger partial charge in [-0.1, -0.05) is 0 Å². The van der Waals surface area contributed by atoms with Crippen LogP contribution in [-0.2, 0) is 0 Å². The minimum Gasteiger partial charge on any atom is -0.369 e. The molecule has 0 spiro atoms. The Bertz CT molecular complexity index is 340. The number of carbonyl (C=O) groups excluding carboxylic acids is 1. The van der Waals surface area contributed by atoms with E-state index in [0.29, 0.717) is 0 Å². The number of likely N-dealkylation sites (N-methyl/N-ethyl adjacent to an activating group) is 3. The summed E-state index contributed by atoms with van der Waals surface area (Å²) in [5.74, 6) is 0. The Labute approximate surface area is 89.6 Å². The fourth-order valence-corrected chi connectivity index (χ4v) is 2.35. The lowest BCUT2D eigenvalue weighted by molar-refractivity contribution is 0.0521. The molecule has 2 heterocycles. The molecule has 0 bridgehead atoms. The van der Waals surface area contributed by atoms with Gasteiger partial charge in [0.25, 0.3) is 0 Å². The highest BCUT2D eigenvalue weighted by atomic mass is 16.3. The van der Waals surface area contributed by atoms with Crippen LogP contribution in [0.15, 0.2) is 11.3 Å². The third kappa shape index (κ3) is 1.27. The molecule has 15 heavy (non-hydrogen) atoms. The van der Waals surface area contributed by atoms with Gasteiger partial charge in [0.2, 0.25) is 0 Å². The van der Waals surface area contributed by atoms with Gasteiger partial charge in [0, 0.05) is 38.0 Å². The average Bonchev–Trinajstić information content (AvgIpc) is 2.50. The summed E-state index contributed by atoms with van der Waals surface area (Å²) in [4.78, 5) is 16.9. The highest BCUT2D eigenvalue weighted by Crippen LogP contribution is 2.32. The van der Waals surface area contributed by atoms with E-state index in [4.69, 9.17) is 0 Å². The van der Waals surface area contributed by atoms with E-state index in [9.17, 15) is 9.90 Å². The molecular weight excluding hydrogens is 194 g/mol. The van der Waals surface area contributed by atoms with E-state index >= 15 is 0 Å². The van der Waals surface area contributed by atoms with Gasteiger partial charge in [-0.3, -0.25) is 14.7 Å². The number of amides is 2. The van der Waals surface area contributed by atoms with Crippen molar-refractivity contribution in [2.75, 3.05) is 27.7 Å². The van der Waals surface area contributed by atoms with Gasteiger partial charge in [0.1, 0.15) is 0 Å². The molecular formula is C10H17N3O2. The van der Waals surface area contributed by atoms with Crippen molar-refractivity contribution in [2.24, 2.45) is 0 Å². The molecule has 5 nitrogen and oxygen atoms in total. The maximum absolute atomic E-state index is 11.8. The first-order chi connectivity index (χ1) is 6.95. The molecule has 0 fully saturated rings. The number of carbonyl (C=O) groups is 1. The lowest BCUT2D eigenvalue weighted by atomic mass is 10.1. The van der Waals surface area contributed by atoms with E-state index < -0.39 is 6.23 Å². The Hall–Kier alpha value is -1.07. The first kappa shape index (κ1) is 10.4. The third-order valence-corrected chi connectivity index (χ3v) is 3.43. The first-order valence-corrected chi connectivity index (χ1v) is 5.07. The van der Waals surface area contributed by atoms with E-state index in [-0.39, 0.29) is 12.1 Å². The zero-order valence-electron chi connectivity index (χ0n) is 9.56. The van der Waals surface area contributed by atoms with E-state index in [0.717, 1.165) is 17.8 Å². The van der Waals surface area contributed by atoms with Crippen molar-refractivity contribution in [1.82, 2.24) is 14.7 Å². The molecule has 0 saturated heterocycles. The largest absolute Gasteiger partial charge is 0.369 e. The summed E-state index contributed by atoms with van der Waals surface area (Å²) in [6.07, 6.45) is -0.768. The molecule has 0 saturated carbocycles. The molecule has 2 rings (SSSR count). The molecule has 2 aliphatic heterocycles. The molecule has 2 amide bonds. The predicted molar refractivity (Wildman–Crippen MR) is 56.0 cm³/mol. The number of urea groups is 1.